The number of anilines is 1. The zero-order chi connectivity index (χ0) is 17.6. The SMILES string of the molecule is CSc1nc(=O)c2c(n1C)NC(=O)C[C@@H]2c1cccc2ccccc12. The van der Waals surface area contributed by atoms with Crippen LogP contribution in [0.5, 0.6) is 0 Å². The van der Waals surface area contributed by atoms with Crippen LogP contribution in [0.25, 0.3) is 10.8 Å². The van der Waals surface area contributed by atoms with E-state index in [9.17, 15) is 9.59 Å². The van der Waals surface area contributed by atoms with Crippen molar-refractivity contribution in [3.63, 3.8) is 0 Å². The molecule has 0 saturated carbocycles. The molecule has 6 heteroatoms. The van der Waals surface area contributed by atoms with Crippen molar-refractivity contribution in [1.82, 2.24) is 9.55 Å². The van der Waals surface area contributed by atoms with Gasteiger partial charge in [-0.25, -0.2) is 0 Å². The molecule has 1 N–H and O–H groups in total. The zero-order valence-electron chi connectivity index (χ0n) is 13.9. The minimum atomic E-state index is -0.294. The average molecular weight is 351 g/mol. The molecular weight excluding hydrogens is 334 g/mol. The summed E-state index contributed by atoms with van der Waals surface area (Å²) in [5, 5.41) is 5.61. The van der Waals surface area contributed by atoms with Crippen LogP contribution < -0.4 is 10.9 Å². The Balaban J connectivity index is 2.01. The first kappa shape index (κ1) is 15.9. The van der Waals surface area contributed by atoms with Crippen LogP contribution in [0.2, 0.25) is 0 Å². The van der Waals surface area contributed by atoms with Crippen LogP contribution in [0.15, 0.2) is 52.4 Å². The summed E-state index contributed by atoms with van der Waals surface area (Å²) in [6.45, 7) is 0. The van der Waals surface area contributed by atoms with Crippen molar-refractivity contribution in [1.29, 1.82) is 0 Å². The maximum atomic E-state index is 12.7. The first-order valence-electron chi connectivity index (χ1n) is 8.02. The van der Waals surface area contributed by atoms with E-state index in [0.717, 1.165) is 16.3 Å². The fourth-order valence-corrected chi connectivity index (χ4v) is 4.08. The summed E-state index contributed by atoms with van der Waals surface area (Å²) in [5.74, 6) is 0.175. The highest BCUT2D eigenvalue weighted by Crippen LogP contribution is 2.38. The summed E-state index contributed by atoms with van der Waals surface area (Å²) in [5.41, 5.74) is 1.29. The summed E-state index contributed by atoms with van der Waals surface area (Å²) in [6.07, 6.45) is 2.11. The van der Waals surface area contributed by atoms with E-state index in [1.807, 2.05) is 55.8 Å². The first-order chi connectivity index (χ1) is 12.1. The molecule has 1 aliphatic rings. The summed E-state index contributed by atoms with van der Waals surface area (Å²) in [6, 6.07) is 14.0. The van der Waals surface area contributed by atoms with Crippen LogP contribution >= 0.6 is 11.8 Å². The number of nitrogens with zero attached hydrogens (tertiary/aromatic N) is 2. The van der Waals surface area contributed by atoms with Crippen LogP contribution in [0.1, 0.15) is 23.5 Å². The van der Waals surface area contributed by atoms with Crippen LogP contribution in [0, 0.1) is 0 Å². The fraction of sp³-hybridized carbons (Fsp3) is 0.211. The van der Waals surface area contributed by atoms with Crippen molar-refractivity contribution in [2.24, 2.45) is 7.05 Å². The summed E-state index contributed by atoms with van der Waals surface area (Å²) < 4.78 is 1.79. The molecule has 0 radical (unpaired) electrons. The van der Waals surface area contributed by atoms with E-state index in [1.54, 1.807) is 4.57 Å². The molecule has 2 aromatic carbocycles. The Labute approximate surface area is 149 Å². The Morgan fingerprint density at radius 1 is 1.16 bits per heavy atom. The molecule has 0 spiro atoms. The Hall–Kier alpha value is -2.60. The Kier molecular flexibility index (Phi) is 3.84. The van der Waals surface area contributed by atoms with E-state index in [1.165, 1.54) is 11.8 Å². The second-order valence-corrected chi connectivity index (χ2v) is 6.87. The van der Waals surface area contributed by atoms with Gasteiger partial charge in [-0.3, -0.25) is 9.59 Å². The Morgan fingerprint density at radius 2 is 1.92 bits per heavy atom. The monoisotopic (exact) mass is 351 g/mol. The third kappa shape index (κ3) is 2.53. The van der Waals surface area contributed by atoms with E-state index in [2.05, 4.69) is 10.3 Å². The molecule has 4 rings (SSSR count). The smallest absolute Gasteiger partial charge is 0.279 e. The number of hydrogen-bond donors (Lipinski definition) is 1. The van der Waals surface area contributed by atoms with Gasteiger partial charge in [0.2, 0.25) is 5.91 Å². The number of aromatic nitrogens is 2. The third-order valence-corrected chi connectivity index (χ3v) is 5.41. The maximum absolute atomic E-state index is 12.7. The van der Waals surface area contributed by atoms with Crippen molar-refractivity contribution < 1.29 is 4.79 Å². The van der Waals surface area contributed by atoms with Gasteiger partial charge in [0.1, 0.15) is 5.82 Å². The zero-order valence-corrected chi connectivity index (χ0v) is 14.8. The van der Waals surface area contributed by atoms with Gasteiger partial charge in [0.25, 0.3) is 5.56 Å². The van der Waals surface area contributed by atoms with Crippen LogP contribution in [-0.2, 0) is 11.8 Å². The number of carbonyl (C=O) groups is 1. The van der Waals surface area contributed by atoms with Crippen molar-refractivity contribution in [3.05, 3.63) is 63.9 Å². The molecule has 3 aromatic rings. The lowest BCUT2D eigenvalue weighted by atomic mass is 9.84. The van der Waals surface area contributed by atoms with Gasteiger partial charge in [-0.1, -0.05) is 54.2 Å². The number of carbonyl (C=O) groups excluding carboxylic acids is 1. The van der Waals surface area contributed by atoms with E-state index >= 15 is 0 Å². The number of nitrogens with one attached hydrogen (secondary N) is 1. The van der Waals surface area contributed by atoms with Gasteiger partial charge in [0.05, 0.1) is 5.56 Å². The van der Waals surface area contributed by atoms with Gasteiger partial charge >= 0.3 is 0 Å². The molecule has 0 aliphatic carbocycles. The summed E-state index contributed by atoms with van der Waals surface area (Å²) >= 11 is 1.38. The van der Waals surface area contributed by atoms with Crippen LogP contribution in [-0.4, -0.2) is 21.7 Å². The molecule has 1 aliphatic heterocycles. The molecule has 0 saturated heterocycles. The van der Waals surface area contributed by atoms with E-state index in [0.29, 0.717) is 16.5 Å². The number of benzene rings is 2. The lowest BCUT2D eigenvalue weighted by molar-refractivity contribution is -0.116. The number of hydrogen-bond acceptors (Lipinski definition) is 4. The predicted molar refractivity (Wildman–Crippen MR) is 100 cm³/mol. The number of amides is 1. The maximum Gasteiger partial charge on any atom is 0.279 e. The average Bonchev–Trinajstić information content (AvgIpc) is 2.63. The third-order valence-electron chi connectivity index (χ3n) is 4.68. The van der Waals surface area contributed by atoms with Crippen molar-refractivity contribution in [3.8, 4) is 0 Å². The van der Waals surface area contributed by atoms with Crippen molar-refractivity contribution in [2.75, 3.05) is 11.6 Å². The lowest BCUT2D eigenvalue weighted by Crippen LogP contribution is -2.33. The van der Waals surface area contributed by atoms with Gasteiger partial charge in [-0.05, 0) is 22.6 Å². The number of rotatable bonds is 2. The molecule has 126 valence electrons. The number of thioether (sulfide) groups is 1. The highest BCUT2D eigenvalue weighted by molar-refractivity contribution is 7.98. The fourth-order valence-electron chi connectivity index (χ4n) is 3.54. The lowest BCUT2D eigenvalue weighted by Gasteiger charge is -2.28. The van der Waals surface area contributed by atoms with Gasteiger partial charge in [-0.2, -0.15) is 4.98 Å². The molecule has 0 fully saturated rings. The van der Waals surface area contributed by atoms with E-state index < -0.39 is 0 Å². The van der Waals surface area contributed by atoms with Gasteiger partial charge in [0, 0.05) is 19.4 Å². The summed E-state index contributed by atoms with van der Waals surface area (Å²) in [7, 11) is 1.82. The predicted octanol–water partition coefficient (Wildman–Crippen LogP) is 3.13. The number of fused-ring (bicyclic) bond motifs is 2. The molecule has 1 aromatic heterocycles. The van der Waals surface area contributed by atoms with Crippen molar-refractivity contribution >= 4 is 34.3 Å². The standard InChI is InChI=1S/C19H17N3O2S/c1-22-17-16(18(24)21-19(22)25-2)14(10-15(23)20-17)13-9-5-7-11-6-3-4-8-12(11)13/h3-9,14H,10H2,1-2H3,(H,20,23)/t14-/m1/s1. The molecule has 25 heavy (non-hydrogen) atoms. The molecule has 0 unspecified atom stereocenters. The van der Waals surface area contributed by atoms with E-state index in [4.69, 9.17) is 0 Å². The highest BCUT2D eigenvalue weighted by atomic mass is 32.2. The molecule has 2 heterocycles. The first-order valence-corrected chi connectivity index (χ1v) is 9.25. The molecule has 1 amide bonds. The second-order valence-electron chi connectivity index (χ2n) is 6.10. The normalized spacial score (nSPS) is 16.6. The molecule has 0 bridgehead atoms. The largest absolute Gasteiger partial charge is 0.312 e. The molecular formula is C19H17N3O2S. The quantitative estimate of drug-likeness (QED) is 0.569. The van der Waals surface area contributed by atoms with Gasteiger partial charge in [0.15, 0.2) is 5.16 Å². The topological polar surface area (TPSA) is 64.0 Å². The van der Waals surface area contributed by atoms with Crippen molar-refractivity contribution in [2.45, 2.75) is 17.5 Å². The van der Waals surface area contributed by atoms with Gasteiger partial charge in [-0.15, -0.1) is 0 Å². The second kappa shape index (κ2) is 6.04. The van der Waals surface area contributed by atoms with E-state index in [-0.39, 0.29) is 23.8 Å². The minimum Gasteiger partial charge on any atom is -0.312 e. The minimum absolute atomic E-state index is 0.0845. The Morgan fingerprint density at radius 3 is 2.72 bits per heavy atom. The Bertz CT molecular complexity index is 1050. The van der Waals surface area contributed by atoms with Crippen LogP contribution in [0.4, 0.5) is 5.82 Å². The highest BCUT2D eigenvalue weighted by Gasteiger charge is 2.32. The van der Waals surface area contributed by atoms with Gasteiger partial charge < -0.3 is 9.88 Å². The summed E-state index contributed by atoms with van der Waals surface area (Å²) in [4.78, 5) is 29.3. The molecule has 5 nitrogen and oxygen atoms in total. The van der Waals surface area contributed by atoms with Crippen LogP contribution in [0.3, 0.4) is 0 Å². The molecule has 1 atom stereocenters.